The van der Waals surface area contributed by atoms with E-state index >= 15 is 0 Å². The number of nitrogens with one attached hydrogen (secondary N) is 1. The molecule has 1 N–H and O–H groups in total. The Hall–Kier alpha value is -3.63. The maximum Gasteiger partial charge on any atom is 0.302 e. The maximum atomic E-state index is 10.8. The van der Waals surface area contributed by atoms with E-state index in [0.29, 0.717) is 27.8 Å². The topological polar surface area (TPSA) is 83.7 Å². The molecule has 6 nitrogen and oxygen atoms in total. The van der Waals surface area contributed by atoms with E-state index in [1.807, 2.05) is 37.3 Å². The van der Waals surface area contributed by atoms with Crippen LogP contribution in [0.4, 0.5) is 10.7 Å². The lowest BCUT2D eigenvalue weighted by molar-refractivity contribution is -0.121. The lowest BCUT2D eigenvalue weighted by Crippen LogP contribution is -2.15. The number of nitrogens with zero attached hydrogens (tertiary/aromatic N) is 2. The van der Waals surface area contributed by atoms with Crippen LogP contribution in [0.5, 0.6) is 11.5 Å². The molecule has 3 rings (SSSR count). The predicted octanol–water partition coefficient (Wildman–Crippen LogP) is 4.99. The van der Waals surface area contributed by atoms with Gasteiger partial charge in [-0.2, -0.15) is 10.3 Å². The molecule has 1 heterocycles. The van der Waals surface area contributed by atoms with Crippen molar-refractivity contribution in [1.29, 1.82) is 5.26 Å². The molecule has 1 aromatic heterocycles. The normalized spacial score (nSPS) is 10.7. The van der Waals surface area contributed by atoms with Gasteiger partial charge in [0, 0.05) is 5.69 Å². The van der Waals surface area contributed by atoms with Gasteiger partial charge < -0.3 is 14.8 Å². The molecule has 0 unspecified atom stereocenters. The van der Waals surface area contributed by atoms with Gasteiger partial charge in [0.2, 0.25) is 0 Å². The molecule has 0 bridgehead atoms. The number of nitriles is 1. The molecule has 7 heteroatoms. The summed E-state index contributed by atoms with van der Waals surface area (Å²) < 4.78 is 10.7. The molecule has 0 atom stereocenters. The summed E-state index contributed by atoms with van der Waals surface area (Å²) in [5.41, 5.74) is 1.50. The van der Waals surface area contributed by atoms with Crippen LogP contribution >= 0.6 is 11.3 Å². The number of carbonyl (C=O) groups excluding carboxylic acids is 1. The zero-order valence-electron chi connectivity index (χ0n) is 14.4. The number of rotatable bonds is 5. The number of aliphatic imine (C=N–C) groups is 1. The minimum Gasteiger partial charge on any atom is -0.457 e. The zero-order chi connectivity index (χ0) is 19.1. The molecule has 0 spiro atoms. The van der Waals surface area contributed by atoms with Crippen LogP contribution in [0.2, 0.25) is 0 Å². The van der Waals surface area contributed by atoms with Crippen LogP contribution in [0.15, 0.2) is 65.7 Å². The molecule has 134 valence electrons. The summed E-state index contributed by atoms with van der Waals surface area (Å²) in [5.74, 6) is 1.42. The zero-order valence-corrected chi connectivity index (χ0v) is 15.2. The van der Waals surface area contributed by atoms with Crippen molar-refractivity contribution < 1.29 is 14.3 Å². The fourth-order valence-electron chi connectivity index (χ4n) is 2.21. The van der Waals surface area contributed by atoms with E-state index in [0.717, 1.165) is 11.3 Å². The van der Waals surface area contributed by atoms with Gasteiger partial charge in [-0.1, -0.05) is 18.2 Å². The van der Waals surface area contributed by atoms with Crippen LogP contribution in [0.3, 0.4) is 0 Å². The Morgan fingerprint density at radius 3 is 2.48 bits per heavy atom. The molecule has 0 aliphatic heterocycles. The van der Waals surface area contributed by atoms with Crippen LogP contribution in [-0.4, -0.2) is 12.5 Å². The number of hydrogen-bond donors (Lipinski definition) is 1. The fourth-order valence-corrected chi connectivity index (χ4v) is 3.05. The lowest BCUT2D eigenvalue weighted by atomic mass is 10.3. The van der Waals surface area contributed by atoms with Crippen molar-refractivity contribution in [3.8, 4) is 17.6 Å². The Kier molecular flexibility index (Phi) is 5.82. The number of carbonyl (C=O) groups is 1. The van der Waals surface area contributed by atoms with Gasteiger partial charge in [0.1, 0.15) is 27.4 Å². The molecule has 3 aromatic rings. The van der Waals surface area contributed by atoms with Crippen molar-refractivity contribution in [3.63, 3.8) is 0 Å². The van der Waals surface area contributed by atoms with E-state index in [2.05, 4.69) is 16.4 Å². The van der Waals surface area contributed by atoms with Gasteiger partial charge in [0.15, 0.2) is 0 Å². The van der Waals surface area contributed by atoms with Crippen molar-refractivity contribution in [2.75, 3.05) is 5.32 Å². The molecule has 2 aromatic carbocycles. The third-order valence-electron chi connectivity index (χ3n) is 3.45. The first kappa shape index (κ1) is 18.2. The predicted molar refractivity (Wildman–Crippen MR) is 105 cm³/mol. The molecule has 0 saturated heterocycles. The van der Waals surface area contributed by atoms with Crippen LogP contribution in [0.1, 0.15) is 10.4 Å². The minimum atomic E-state index is 0.0242. The first-order chi connectivity index (χ1) is 13.2. The summed E-state index contributed by atoms with van der Waals surface area (Å²) >= 11 is 1.22. The van der Waals surface area contributed by atoms with Crippen molar-refractivity contribution in [3.05, 3.63) is 71.1 Å². The van der Waals surface area contributed by atoms with Gasteiger partial charge in [-0.15, -0.1) is 11.3 Å². The SMILES string of the molecule is Cc1cc(C#N)sc1/N=C(/Nc1ccc(Oc2ccccc2)cc1)OC=O. The van der Waals surface area contributed by atoms with Gasteiger partial charge in [-0.05, 0) is 55.0 Å². The van der Waals surface area contributed by atoms with E-state index in [9.17, 15) is 4.79 Å². The number of para-hydroxylation sites is 1. The van der Waals surface area contributed by atoms with Crippen LogP contribution in [0.25, 0.3) is 0 Å². The van der Waals surface area contributed by atoms with Gasteiger partial charge >= 0.3 is 12.5 Å². The van der Waals surface area contributed by atoms with Gasteiger partial charge in [0.05, 0.1) is 0 Å². The van der Waals surface area contributed by atoms with Gasteiger partial charge in [0.25, 0.3) is 0 Å². The highest BCUT2D eigenvalue weighted by Gasteiger charge is 2.08. The molecule has 0 radical (unpaired) electrons. The average molecular weight is 377 g/mol. The first-order valence-corrected chi connectivity index (χ1v) is 8.79. The second kappa shape index (κ2) is 8.65. The van der Waals surface area contributed by atoms with Crippen LogP contribution < -0.4 is 10.1 Å². The van der Waals surface area contributed by atoms with Crippen molar-refractivity contribution >= 4 is 34.5 Å². The summed E-state index contributed by atoms with van der Waals surface area (Å²) in [4.78, 5) is 15.6. The van der Waals surface area contributed by atoms with E-state index in [-0.39, 0.29) is 6.02 Å². The molecule has 0 amide bonds. The number of hydrogen-bond acceptors (Lipinski definition) is 6. The summed E-state index contributed by atoms with van der Waals surface area (Å²) in [6.45, 7) is 2.14. The van der Waals surface area contributed by atoms with Gasteiger partial charge in [-0.3, -0.25) is 4.79 Å². The third-order valence-corrected chi connectivity index (χ3v) is 4.48. The van der Waals surface area contributed by atoms with E-state index in [4.69, 9.17) is 14.7 Å². The van der Waals surface area contributed by atoms with E-state index in [1.54, 1.807) is 30.3 Å². The third kappa shape index (κ3) is 4.93. The summed E-state index contributed by atoms with van der Waals surface area (Å²) in [7, 11) is 0. The summed E-state index contributed by atoms with van der Waals surface area (Å²) in [5, 5.41) is 12.5. The highest BCUT2D eigenvalue weighted by atomic mass is 32.1. The molecule has 0 aliphatic carbocycles. The monoisotopic (exact) mass is 377 g/mol. The summed E-state index contributed by atoms with van der Waals surface area (Å²) in [6, 6.07) is 20.4. The molecule has 0 fully saturated rings. The van der Waals surface area contributed by atoms with Crippen LogP contribution in [0, 0.1) is 18.3 Å². The fraction of sp³-hybridized carbons (Fsp3) is 0.0500. The molecular formula is C20H15N3O3S. The number of aryl methyl sites for hydroxylation is 1. The number of thiophene rings is 1. The molecule has 0 aliphatic rings. The number of anilines is 1. The van der Waals surface area contributed by atoms with Crippen LogP contribution in [-0.2, 0) is 9.53 Å². The highest BCUT2D eigenvalue weighted by molar-refractivity contribution is 7.16. The largest absolute Gasteiger partial charge is 0.457 e. The molecule has 0 saturated carbocycles. The van der Waals surface area contributed by atoms with E-state index < -0.39 is 0 Å². The Labute approximate surface area is 160 Å². The standard InChI is InChI=1S/C20H15N3O3S/c1-14-11-18(12-21)27-19(14)23-20(25-13-24)22-15-7-9-17(10-8-15)26-16-5-3-2-4-6-16/h2-11,13H,1H3,(H,22,23). The summed E-state index contributed by atoms with van der Waals surface area (Å²) in [6.07, 6.45) is 0. The lowest BCUT2D eigenvalue weighted by Gasteiger charge is -2.09. The van der Waals surface area contributed by atoms with Crippen molar-refractivity contribution in [2.24, 2.45) is 4.99 Å². The maximum absolute atomic E-state index is 10.8. The average Bonchev–Trinajstić information content (AvgIpc) is 3.04. The second-order valence-electron chi connectivity index (χ2n) is 5.41. The van der Waals surface area contributed by atoms with Crippen molar-refractivity contribution in [1.82, 2.24) is 0 Å². The number of ether oxygens (including phenoxy) is 2. The Morgan fingerprint density at radius 2 is 1.85 bits per heavy atom. The molecular weight excluding hydrogens is 362 g/mol. The smallest absolute Gasteiger partial charge is 0.302 e. The van der Waals surface area contributed by atoms with Crippen molar-refractivity contribution in [2.45, 2.75) is 6.92 Å². The minimum absolute atomic E-state index is 0.0242. The number of benzene rings is 2. The Bertz CT molecular complexity index is 990. The molecule has 27 heavy (non-hydrogen) atoms. The second-order valence-corrected chi connectivity index (χ2v) is 6.44. The van der Waals surface area contributed by atoms with Gasteiger partial charge in [-0.25, -0.2) is 0 Å². The van der Waals surface area contributed by atoms with E-state index in [1.165, 1.54) is 11.3 Å². The Balaban J connectivity index is 1.74. The Morgan fingerprint density at radius 1 is 1.15 bits per heavy atom. The number of amidine groups is 1. The first-order valence-electron chi connectivity index (χ1n) is 7.97. The highest BCUT2D eigenvalue weighted by Crippen LogP contribution is 2.30. The quantitative estimate of drug-likeness (QED) is 0.384.